The lowest BCUT2D eigenvalue weighted by molar-refractivity contribution is 0.102. The first-order chi connectivity index (χ1) is 16.3. The molecule has 0 fully saturated rings. The molecular formula is C26H24FN2O3PS. The summed E-state index contributed by atoms with van der Waals surface area (Å²) in [4.78, 5) is 12.9. The molecule has 5 nitrogen and oxygen atoms in total. The van der Waals surface area contributed by atoms with Gasteiger partial charge in [0, 0.05) is 18.0 Å². The third-order valence-corrected chi connectivity index (χ3v) is 9.28. The first-order valence-electron chi connectivity index (χ1n) is 10.5. The molecule has 2 atom stereocenters. The zero-order valence-electron chi connectivity index (χ0n) is 18.7. The van der Waals surface area contributed by atoms with Crippen LogP contribution in [0.25, 0.3) is 11.1 Å². The Morgan fingerprint density at radius 1 is 1.03 bits per heavy atom. The van der Waals surface area contributed by atoms with E-state index in [1.54, 1.807) is 47.7 Å². The van der Waals surface area contributed by atoms with Crippen LogP contribution < -0.4 is 16.4 Å². The van der Waals surface area contributed by atoms with Crippen molar-refractivity contribution in [3.63, 3.8) is 0 Å². The van der Waals surface area contributed by atoms with Crippen molar-refractivity contribution in [2.75, 3.05) is 18.2 Å². The van der Waals surface area contributed by atoms with Crippen molar-refractivity contribution < 1.29 is 18.3 Å². The quantitative estimate of drug-likeness (QED) is 0.223. The molecular weight excluding hydrogens is 470 g/mol. The van der Waals surface area contributed by atoms with Gasteiger partial charge in [0.05, 0.1) is 11.4 Å². The molecule has 3 N–H and O–H groups in total. The fourth-order valence-corrected chi connectivity index (χ4v) is 6.46. The van der Waals surface area contributed by atoms with Crippen molar-refractivity contribution in [2.24, 2.45) is 0 Å². The Hall–Kier alpha value is -3.25. The monoisotopic (exact) mass is 494 g/mol. The minimum absolute atomic E-state index is 0.150. The van der Waals surface area contributed by atoms with Crippen molar-refractivity contribution >= 4 is 41.3 Å². The first-order valence-corrected chi connectivity index (χ1v) is 13.1. The maximum absolute atomic E-state index is 16.0. The molecule has 0 spiro atoms. The van der Waals surface area contributed by atoms with E-state index in [2.05, 4.69) is 5.32 Å². The number of hydrogen-bond donors (Lipinski definition) is 2. The van der Waals surface area contributed by atoms with Gasteiger partial charge in [-0.25, -0.2) is 4.39 Å². The number of carbonyl (C=O) groups is 1. The number of rotatable bonds is 7. The molecule has 0 saturated heterocycles. The van der Waals surface area contributed by atoms with Crippen LogP contribution in [0, 0.1) is 0 Å². The number of benzene rings is 3. The second-order valence-electron chi connectivity index (χ2n) is 7.87. The van der Waals surface area contributed by atoms with Crippen LogP contribution in [0.1, 0.15) is 22.8 Å². The van der Waals surface area contributed by atoms with Gasteiger partial charge in [-0.05, 0) is 76.8 Å². The smallest absolute Gasteiger partial charge is 0.272 e. The lowest BCUT2D eigenvalue weighted by Crippen LogP contribution is -2.24. The number of halogens is 1. The van der Waals surface area contributed by atoms with E-state index in [0.717, 1.165) is 11.1 Å². The highest BCUT2D eigenvalue weighted by Crippen LogP contribution is 2.63. The van der Waals surface area contributed by atoms with Gasteiger partial charge in [-0.1, -0.05) is 36.4 Å². The van der Waals surface area contributed by atoms with Gasteiger partial charge in [-0.3, -0.25) is 9.36 Å². The molecule has 0 aliphatic heterocycles. The molecule has 8 heteroatoms. The zero-order chi connectivity index (χ0) is 24.3. The maximum Gasteiger partial charge on any atom is 0.272 e. The molecule has 0 saturated carbocycles. The first kappa shape index (κ1) is 23.9. The van der Waals surface area contributed by atoms with Gasteiger partial charge in [0.25, 0.3) is 13.3 Å². The fourth-order valence-electron chi connectivity index (χ4n) is 3.71. The Labute approximate surface area is 201 Å². The summed E-state index contributed by atoms with van der Waals surface area (Å²) in [6, 6.07) is 21.6. The standard InChI is InChI=1S/C26H24FN2O3PS/c1-26(27,33(31,32-2)22-6-4-3-5-7-22)21-11-8-18(9-12-21)25(30)29-24-16-19(10-13-23(24)28)20-14-15-34-17-20/h3-17H,28H2,1-2H3,(H,29,30). The summed E-state index contributed by atoms with van der Waals surface area (Å²) >= 11 is 1.58. The Bertz CT molecular complexity index is 1340. The minimum atomic E-state index is -3.89. The summed E-state index contributed by atoms with van der Waals surface area (Å²) in [5.41, 5.74) is 9.42. The van der Waals surface area contributed by atoms with E-state index in [1.165, 1.54) is 38.3 Å². The summed E-state index contributed by atoms with van der Waals surface area (Å²) in [5, 5.41) is 4.80. The SMILES string of the molecule is COP(=O)(c1ccccc1)C(C)(F)c1ccc(C(=O)Nc2cc(-c3ccsc3)ccc2N)cc1. The van der Waals surface area contributed by atoms with E-state index < -0.39 is 12.8 Å². The Morgan fingerprint density at radius 3 is 2.35 bits per heavy atom. The van der Waals surface area contributed by atoms with Crippen LogP contribution in [-0.4, -0.2) is 13.0 Å². The Balaban J connectivity index is 1.58. The number of carbonyl (C=O) groups excluding carboxylic acids is 1. The van der Waals surface area contributed by atoms with Crippen molar-refractivity contribution in [1.82, 2.24) is 0 Å². The van der Waals surface area contributed by atoms with E-state index in [9.17, 15) is 9.36 Å². The third-order valence-electron chi connectivity index (χ3n) is 5.74. The van der Waals surface area contributed by atoms with E-state index in [4.69, 9.17) is 10.3 Å². The molecule has 0 aliphatic carbocycles. The Kier molecular flexibility index (Phi) is 6.71. The summed E-state index contributed by atoms with van der Waals surface area (Å²) < 4.78 is 34.8. The molecule has 0 aliphatic rings. The highest BCUT2D eigenvalue weighted by atomic mass is 32.1. The average molecular weight is 495 g/mol. The number of hydrogen-bond acceptors (Lipinski definition) is 5. The van der Waals surface area contributed by atoms with Crippen LogP contribution in [0.5, 0.6) is 0 Å². The van der Waals surface area contributed by atoms with Gasteiger partial charge >= 0.3 is 0 Å². The zero-order valence-corrected chi connectivity index (χ0v) is 20.4. The van der Waals surface area contributed by atoms with Crippen LogP contribution in [0.4, 0.5) is 15.8 Å². The number of amides is 1. The normalized spacial score (nSPS) is 14.7. The molecule has 0 radical (unpaired) electrons. The van der Waals surface area contributed by atoms with Crippen LogP contribution in [-0.2, 0) is 14.5 Å². The molecule has 4 aromatic rings. The van der Waals surface area contributed by atoms with Crippen LogP contribution in [0.3, 0.4) is 0 Å². The highest BCUT2D eigenvalue weighted by molar-refractivity contribution is 7.67. The lowest BCUT2D eigenvalue weighted by atomic mass is 10.1. The number of nitrogens with one attached hydrogen (secondary N) is 1. The lowest BCUT2D eigenvalue weighted by Gasteiger charge is -2.30. The second-order valence-corrected chi connectivity index (χ2v) is 11.5. The van der Waals surface area contributed by atoms with E-state index >= 15 is 4.39 Å². The summed E-state index contributed by atoms with van der Waals surface area (Å²) in [6.45, 7) is 1.23. The summed E-state index contributed by atoms with van der Waals surface area (Å²) in [5.74, 6) is -0.390. The molecule has 2 unspecified atom stereocenters. The average Bonchev–Trinajstić information content (AvgIpc) is 3.40. The molecule has 1 aromatic heterocycles. The van der Waals surface area contributed by atoms with Gasteiger partial charge in [-0.15, -0.1) is 0 Å². The van der Waals surface area contributed by atoms with Crippen molar-refractivity contribution in [2.45, 2.75) is 12.3 Å². The van der Waals surface area contributed by atoms with Crippen molar-refractivity contribution in [3.8, 4) is 11.1 Å². The number of nitrogen functional groups attached to an aromatic ring is 1. The van der Waals surface area contributed by atoms with Gasteiger partial charge in [0.1, 0.15) is 0 Å². The molecule has 1 heterocycles. The fraction of sp³-hybridized carbons (Fsp3) is 0.115. The van der Waals surface area contributed by atoms with E-state index in [0.29, 0.717) is 16.9 Å². The largest absolute Gasteiger partial charge is 0.397 e. The third kappa shape index (κ3) is 4.42. The highest BCUT2D eigenvalue weighted by Gasteiger charge is 2.48. The molecule has 4 rings (SSSR count). The van der Waals surface area contributed by atoms with Gasteiger partial charge in [0.2, 0.25) is 5.41 Å². The van der Waals surface area contributed by atoms with Crippen LogP contribution in [0.15, 0.2) is 89.6 Å². The maximum atomic E-state index is 16.0. The van der Waals surface area contributed by atoms with E-state index in [-0.39, 0.29) is 16.8 Å². The van der Waals surface area contributed by atoms with Crippen LogP contribution >= 0.6 is 18.7 Å². The number of alkyl halides is 1. The minimum Gasteiger partial charge on any atom is -0.397 e. The van der Waals surface area contributed by atoms with Gasteiger partial charge in [-0.2, -0.15) is 11.3 Å². The number of anilines is 2. The van der Waals surface area contributed by atoms with E-state index in [1.807, 2.05) is 29.0 Å². The molecule has 34 heavy (non-hydrogen) atoms. The molecule has 174 valence electrons. The summed E-state index contributed by atoms with van der Waals surface area (Å²) in [6.07, 6.45) is 0. The van der Waals surface area contributed by atoms with Crippen molar-refractivity contribution in [1.29, 1.82) is 0 Å². The second kappa shape index (κ2) is 9.55. The van der Waals surface area contributed by atoms with Gasteiger partial charge < -0.3 is 15.6 Å². The summed E-state index contributed by atoms with van der Waals surface area (Å²) in [7, 11) is -2.65. The van der Waals surface area contributed by atoms with Crippen molar-refractivity contribution in [3.05, 3.63) is 101 Å². The van der Waals surface area contributed by atoms with Gasteiger partial charge in [0.15, 0.2) is 0 Å². The number of thiophene rings is 1. The topological polar surface area (TPSA) is 81.4 Å². The predicted octanol–water partition coefficient (Wildman–Crippen LogP) is 6.64. The predicted molar refractivity (Wildman–Crippen MR) is 138 cm³/mol. The Morgan fingerprint density at radius 2 is 1.74 bits per heavy atom. The molecule has 0 bridgehead atoms. The molecule has 3 aromatic carbocycles. The number of nitrogens with two attached hydrogens (primary N) is 1. The van der Waals surface area contributed by atoms with Crippen LogP contribution in [0.2, 0.25) is 0 Å². The molecule has 1 amide bonds.